The topological polar surface area (TPSA) is 120 Å². The second kappa shape index (κ2) is 9.40. The molecule has 2 aromatic carbocycles. The van der Waals surface area contributed by atoms with Gasteiger partial charge < -0.3 is 5.32 Å². The molecule has 0 radical (unpaired) electrons. The van der Waals surface area contributed by atoms with Crippen LogP contribution < -0.4 is 16.0 Å². The number of fused-ring (bicyclic) bond motifs is 1. The number of hydrogen-bond acceptors (Lipinski definition) is 7. The molecule has 1 saturated heterocycles. The molecule has 1 atom stereocenters. The number of urea groups is 1. The van der Waals surface area contributed by atoms with Crippen LogP contribution >= 0.6 is 11.3 Å². The van der Waals surface area contributed by atoms with E-state index in [0.29, 0.717) is 37.2 Å². The summed E-state index contributed by atoms with van der Waals surface area (Å²) in [7, 11) is 0. The highest BCUT2D eigenvalue weighted by molar-refractivity contribution is 7.09. The van der Waals surface area contributed by atoms with Crippen molar-refractivity contribution in [2.75, 3.05) is 5.32 Å². The summed E-state index contributed by atoms with van der Waals surface area (Å²) in [5.74, 6) is -1.04. The van der Waals surface area contributed by atoms with Gasteiger partial charge in [0.2, 0.25) is 11.8 Å². The van der Waals surface area contributed by atoms with Crippen molar-refractivity contribution in [1.29, 1.82) is 0 Å². The number of anilines is 1. The zero-order valence-corrected chi connectivity index (χ0v) is 19.8. The number of imide groups is 2. The summed E-state index contributed by atoms with van der Waals surface area (Å²) >= 11 is 1.55. The summed E-state index contributed by atoms with van der Waals surface area (Å²) in [5, 5.41) is 10.4. The van der Waals surface area contributed by atoms with Gasteiger partial charge >= 0.3 is 6.03 Å². The molecule has 0 saturated carbocycles. The molecule has 3 N–H and O–H groups in total. The van der Waals surface area contributed by atoms with E-state index in [9.17, 15) is 19.2 Å². The number of rotatable bonds is 4. The second-order valence-corrected chi connectivity index (χ2v) is 9.66. The molecule has 1 fully saturated rings. The molecule has 35 heavy (non-hydrogen) atoms. The Hall–Kier alpha value is -3.89. The van der Waals surface area contributed by atoms with Gasteiger partial charge in [0.1, 0.15) is 0 Å². The third kappa shape index (κ3) is 4.98. The van der Waals surface area contributed by atoms with Gasteiger partial charge in [-0.2, -0.15) is 0 Å². The predicted molar refractivity (Wildman–Crippen MR) is 131 cm³/mol. The number of benzene rings is 2. The molecular formula is C25H23N5O4S. The molecule has 0 bridgehead atoms. The Morgan fingerprint density at radius 1 is 1.11 bits per heavy atom. The summed E-state index contributed by atoms with van der Waals surface area (Å²) < 4.78 is 0. The van der Waals surface area contributed by atoms with Gasteiger partial charge in [0, 0.05) is 41.7 Å². The van der Waals surface area contributed by atoms with Crippen molar-refractivity contribution in [3.8, 4) is 11.3 Å². The van der Waals surface area contributed by atoms with Crippen LogP contribution in [0.25, 0.3) is 11.3 Å². The Bertz CT molecular complexity index is 1350. The molecule has 1 aromatic heterocycles. The number of carbonyl (C=O) groups is 4. The number of nitrogens with one attached hydrogen (secondary N) is 3. The number of thiazole rings is 1. The zero-order chi connectivity index (χ0) is 24.5. The molecule has 3 heterocycles. The fraction of sp³-hybridized carbons (Fsp3) is 0.240. The van der Waals surface area contributed by atoms with E-state index in [1.165, 1.54) is 0 Å². The minimum absolute atomic E-state index is 0.245. The van der Waals surface area contributed by atoms with Crippen molar-refractivity contribution in [1.82, 2.24) is 20.5 Å². The normalized spacial score (nSPS) is 17.6. The van der Waals surface area contributed by atoms with E-state index >= 15 is 0 Å². The summed E-state index contributed by atoms with van der Waals surface area (Å²) in [5.41, 5.74) is 4.55. The monoisotopic (exact) mass is 489 g/mol. The first-order valence-electron chi connectivity index (χ1n) is 11.2. The van der Waals surface area contributed by atoms with E-state index < -0.39 is 11.9 Å². The van der Waals surface area contributed by atoms with Crippen molar-refractivity contribution in [3.05, 3.63) is 69.5 Å². The van der Waals surface area contributed by atoms with E-state index in [1.54, 1.807) is 35.6 Å². The van der Waals surface area contributed by atoms with Crippen molar-refractivity contribution in [2.24, 2.45) is 0 Å². The van der Waals surface area contributed by atoms with Crippen LogP contribution in [0.1, 0.15) is 39.3 Å². The minimum Gasteiger partial charge on any atom is -0.308 e. The number of carbonyl (C=O) groups excluding carboxylic acids is 4. The van der Waals surface area contributed by atoms with Crippen LogP contribution in [0.2, 0.25) is 0 Å². The van der Waals surface area contributed by atoms with E-state index in [4.69, 9.17) is 0 Å². The van der Waals surface area contributed by atoms with E-state index in [-0.39, 0.29) is 17.9 Å². The maximum Gasteiger partial charge on any atom is 0.326 e. The van der Waals surface area contributed by atoms with Gasteiger partial charge in [-0.25, -0.2) is 9.78 Å². The van der Waals surface area contributed by atoms with Crippen LogP contribution in [0, 0.1) is 6.92 Å². The molecule has 3 aromatic rings. The van der Waals surface area contributed by atoms with Crippen molar-refractivity contribution in [3.63, 3.8) is 0 Å². The molecule has 178 valence electrons. The van der Waals surface area contributed by atoms with Crippen LogP contribution in [-0.4, -0.2) is 39.7 Å². The maximum atomic E-state index is 12.7. The molecule has 9 nitrogen and oxygen atoms in total. The van der Waals surface area contributed by atoms with Gasteiger partial charge in [0.25, 0.3) is 5.91 Å². The van der Waals surface area contributed by atoms with Crippen molar-refractivity contribution >= 4 is 40.8 Å². The number of nitrogens with zero attached hydrogens (tertiary/aromatic N) is 2. The second-order valence-electron chi connectivity index (χ2n) is 8.60. The van der Waals surface area contributed by atoms with Crippen molar-refractivity contribution < 1.29 is 19.2 Å². The molecule has 5 rings (SSSR count). The Morgan fingerprint density at radius 2 is 1.94 bits per heavy atom. The average molecular weight is 490 g/mol. The van der Waals surface area contributed by atoms with Gasteiger partial charge in [-0.05, 0) is 48.7 Å². The smallest absolute Gasteiger partial charge is 0.308 e. The van der Waals surface area contributed by atoms with E-state index in [1.807, 2.05) is 35.4 Å². The molecule has 2 aliphatic heterocycles. The fourth-order valence-corrected chi connectivity index (χ4v) is 5.02. The highest BCUT2D eigenvalue weighted by atomic mass is 32.1. The third-order valence-corrected chi connectivity index (χ3v) is 6.90. The Balaban J connectivity index is 1.21. The van der Waals surface area contributed by atoms with Gasteiger partial charge in [-0.1, -0.05) is 18.2 Å². The molecule has 2 aliphatic rings. The molecule has 0 spiro atoms. The predicted octanol–water partition coefficient (Wildman–Crippen LogP) is 3.20. The summed E-state index contributed by atoms with van der Waals surface area (Å²) in [6.45, 7) is 3.00. The van der Waals surface area contributed by atoms with Gasteiger partial charge in [-0.15, -0.1) is 11.3 Å². The summed E-state index contributed by atoms with van der Waals surface area (Å²) in [6, 6.07) is 11.5. The highest BCUT2D eigenvalue weighted by Crippen LogP contribution is 2.28. The first-order chi connectivity index (χ1) is 16.9. The highest BCUT2D eigenvalue weighted by Gasteiger charge is 2.34. The van der Waals surface area contributed by atoms with Crippen LogP contribution in [0.15, 0.2) is 47.8 Å². The van der Waals surface area contributed by atoms with Crippen LogP contribution in [0.4, 0.5) is 10.5 Å². The molecule has 10 heteroatoms. The maximum absolute atomic E-state index is 12.7. The SMILES string of the molecule is Cc1nc(-c2cccc(NC(=O)NC(=O)c3ccc4c(c3)CN(C3CCC(=O)NC3=O)C4)c2)cs1. The quantitative estimate of drug-likeness (QED) is 0.484. The number of aromatic nitrogens is 1. The molecule has 5 amide bonds. The third-order valence-electron chi connectivity index (χ3n) is 6.13. The summed E-state index contributed by atoms with van der Waals surface area (Å²) in [6.07, 6.45) is 0.799. The Kier molecular flexibility index (Phi) is 6.14. The fourth-order valence-electron chi connectivity index (χ4n) is 4.40. The lowest BCUT2D eigenvalue weighted by molar-refractivity contribution is -0.137. The first kappa shape index (κ1) is 22.9. The lowest BCUT2D eigenvalue weighted by Crippen LogP contribution is -2.50. The molecular weight excluding hydrogens is 466 g/mol. The van der Waals surface area contributed by atoms with Gasteiger partial charge in [0.15, 0.2) is 0 Å². The van der Waals surface area contributed by atoms with Crippen molar-refractivity contribution in [2.45, 2.75) is 38.9 Å². The zero-order valence-electron chi connectivity index (χ0n) is 19.0. The van der Waals surface area contributed by atoms with E-state index in [0.717, 1.165) is 27.4 Å². The number of amides is 5. The lowest BCUT2D eigenvalue weighted by atomic mass is 10.0. The van der Waals surface area contributed by atoms with Gasteiger partial charge in [0.05, 0.1) is 16.7 Å². The van der Waals surface area contributed by atoms with Crippen LogP contribution in [0.5, 0.6) is 0 Å². The largest absolute Gasteiger partial charge is 0.326 e. The number of hydrogen-bond donors (Lipinski definition) is 3. The number of piperidine rings is 1. The molecule has 0 aliphatic carbocycles. The Morgan fingerprint density at radius 3 is 2.71 bits per heavy atom. The van der Waals surface area contributed by atoms with Crippen LogP contribution in [-0.2, 0) is 22.7 Å². The van der Waals surface area contributed by atoms with Gasteiger partial charge in [-0.3, -0.25) is 29.9 Å². The lowest BCUT2D eigenvalue weighted by Gasteiger charge is -2.29. The summed E-state index contributed by atoms with van der Waals surface area (Å²) in [4.78, 5) is 55.3. The first-order valence-corrected chi connectivity index (χ1v) is 12.1. The Labute approximate surface area is 205 Å². The standard InChI is InChI=1S/C25H23N5O4S/c1-14-26-20(13-35-14)15-3-2-4-19(10-15)27-25(34)29-23(32)16-5-6-17-11-30(12-18(17)9-16)21-7-8-22(31)28-24(21)33/h2-6,9-10,13,21H,7-8,11-12H2,1H3,(H,28,31,33)(H2,27,29,32,34). The van der Waals surface area contributed by atoms with E-state index in [2.05, 4.69) is 20.9 Å². The average Bonchev–Trinajstić information content (AvgIpc) is 3.44. The number of aryl methyl sites for hydroxylation is 1. The van der Waals surface area contributed by atoms with Crippen LogP contribution in [0.3, 0.4) is 0 Å². The minimum atomic E-state index is -0.632. The molecule has 1 unspecified atom stereocenters.